The average molecular weight is 375 g/mol. The minimum atomic E-state index is -3.54. The number of aromatic amines is 1. The molecule has 0 saturated carbocycles. The van der Waals surface area contributed by atoms with E-state index in [1.165, 1.54) is 18.3 Å². The maximum atomic E-state index is 14.2. The van der Waals surface area contributed by atoms with E-state index in [9.17, 15) is 17.6 Å². The van der Waals surface area contributed by atoms with E-state index in [2.05, 4.69) is 14.7 Å². The van der Waals surface area contributed by atoms with Gasteiger partial charge in [-0.05, 0) is 36.8 Å². The Morgan fingerprint density at radius 2 is 2.08 bits per heavy atom. The minimum absolute atomic E-state index is 0.0295. The summed E-state index contributed by atoms with van der Waals surface area (Å²) in [6.45, 7) is 1.89. The number of benzene rings is 1. The van der Waals surface area contributed by atoms with Crippen molar-refractivity contribution in [1.29, 1.82) is 0 Å². The molecule has 3 rings (SSSR count). The molecule has 2 N–H and O–H groups in total. The van der Waals surface area contributed by atoms with Gasteiger partial charge in [0.15, 0.2) is 5.78 Å². The first-order valence-corrected chi connectivity index (χ1v) is 9.83. The number of halogens is 1. The number of anilines is 1. The van der Waals surface area contributed by atoms with Crippen LogP contribution in [0.25, 0.3) is 11.0 Å². The van der Waals surface area contributed by atoms with Gasteiger partial charge in [-0.3, -0.25) is 9.52 Å². The highest BCUT2D eigenvalue weighted by Gasteiger charge is 2.19. The number of carbonyl (C=O) groups excluding carboxylic acids is 1. The van der Waals surface area contributed by atoms with Crippen LogP contribution >= 0.6 is 0 Å². The zero-order valence-corrected chi connectivity index (χ0v) is 14.9. The number of aromatic nitrogens is 2. The quantitative estimate of drug-likeness (QED) is 0.619. The Kier molecular flexibility index (Phi) is 5.03. The number of unbranched alkanes of at least 4 members (excludes halogenated alkanes) is 1. The van der Waals surface area contributed by atoms with E-state index in [1.54, 1.807) is 18.3 Å². The third-order valence-electron chi connectivity index (χ3n) is 3.95. The summed E-state index contributed by atoms with van der Waals surface area (Å²) in [7, 11) is -3.54. The summed E-state index contributed by atoms with van der Waals surface area (Å²) < 4.78 is 40.7. The lowest BCUT2D eigenvalue weighted by Gasteiger charge is -2.09. The van der Waals surface area contributed by atoms with Crippen LogP contribution in [0.2, 0.25) is 0 Å². The van der Waals surface area contributed by atoms with Crippen LogP contribution in [0, 0.1) is 5.82 Å². The normalized spacial score (nSPS) is 11.6. The molecule has 0 amide bonds. The first kappa shape index (κ1) is 18.1. The van der Waals surface area contributed by atoms with Crippen LogP contribution in [0.5, 0.6) is 0 Å². The van der Waals surface area contributed by atoms with Crippen LogP contribution in [0.4, 0.5) is 10.1 Å². The van der Waals surface area contributed by atoms with Crippen molar-refractivity contribution in [3.63, 3.8) is 0 Å². The fourth-order valence-corrected chi connectivity index (χ4v) is 3.87. The third kappa shape index (κ3) is 3.75. The molecule has 1 aromatic carbocycles. The maximum absolute atomic E-state index is 14.2. The lowest BCUT2D eigenvalue weighted by atomic mass is 10.0. The van der Waals surface area contributed by atoms with Gasteiger partial charge in [-0.2, -0.15) is 0 Å². The Bertz CT molecular complexity index is 1060. The molecule has 6 nitrogen and oxygen atoms in total. The van der Waals surface area contributed by atoms with Gasteiger partial charge in [0.2, 0.25) is 10.0 Å². The first-order chi connectivity index (χ1) is 12.4. The summed E-state index contributed by atoms with van der Waals surface area (Å²) >= 11 is 0. The van der Waals surface area contributed by atoms with E-state index in [4.69, 9.17) is 0 Å². The lowest BCUT2D eigenvalue weighted by molar-refractivity contribution is 0.103. The van der Waals surface area contributed by atoms with Gasteiger partial charge < -0.3 is 4.98 Å². The zero-order chi connectivity index (χ0) is 18.7. The topological polar surface area (TPSA) is 91.9 Å². The third-order valence-corrected chi connectivity index (χ3v) is 5.32. The van der Waals surface area contributed by atoms with Crippen LogP contribution in [0.1, 0.15) is 35.7 Å². The van der Waals surface area contributed by atoms with Gasteiger partial charge in [0.25, 0.3) is 0 Å². The van der Waals surface area contributed by atoms with Crippen LogP contribution in [0.15, 0.2) is 42.7 Å². The molecule has 0 aliphatic carbocycles. The fourth-order valence-electron chi connectivity index (χ4n) is 2.62. The van der Waals surface area contributed by atoms with E-state index in [0.29, 0.717) is 17.5 Å². The van der Waals surface area contributed by atoms with Gasteiger partial charge in [0.05, 0.1) is 11.3 Å². The van der Waals surface area contributed by atoms with Crippen molar-refractivity contribution in [1.82, 2.24) is 9.97 Å². The monoisotopic (exact) mass is 375 g/mol. The molecule has 0 aliphatic heterocycles. The zero-order valence-electron chi connectivity index (χ0n) is 14.1. The Balaban J connectivity index is 1.94. The number of hydrogen-bond donors (Lipinski definition) is 2. The molecule has 8 heteroatoms. The van der Waals surface area contributed by atoms with E-state index in [1.807, 2.05) is 6.92 Å². The van der Waals surface area contributed by atoms with Gasteiger partial charge in [-0.15, -0.1) is 0 Å². The summed E-state index contributed by atoms with van der Waals surface area (Å²) in [6.07, 6.45) is 4.31. The largest absolute Gasteiger partial charge is 0.345 e. The van der Waals surface area contributed by atoms with Crippen molar-refractivity contribution in [3.05, 3.63) is 59.7 Å². The Hall–Kier alpha value is -2.74. The number of carbonyl (C=O) groups is 1. The van der Waals surface area contributed by atoms with Crippen LogP contribution in [-0.4, -0.2) is 29.9 Å². The molecule has 136 valence electrons. The Morgan fingerprint density at radius 1 is 1.27 bits per heavy atom. The molecule has 2 aromatic heterocycles. The van der Waals surface area contributed by atoms with Crippen molar-refractivity contribution in [3.8, 4) is 0 Å². The fraction of sp³-hybridized carbons (Fsp3) is 0.222. The minimum Gasteiger partial charge on any atom is -0.345 e. The summed E-state index contributed by atoms with van der Waals surface area (Å²) in [4.78, 5) is 19.7. The number of sulfonamides is 1. The predicted molar refractivity (Wildman–Crippen MR) is 98.2 cm³/mol. The molecule has 0 atom stereocenters. The number of nitrogens with zero attached hydrogens (tertiary/aromatic N) is 1. The van der Waals surface area contributed by atoms with E-state index < -0.39 is 21.6 Å². The molecule has 0 bridgehead atoms. The Labute approximate surface area is 150 Å². The van der Waals surface area contributed by atoms with Crippen molar-refractivity contribution >= 4 is 32.5 Å². The molecule has 3 aromatic rings. The van der Waals surface area contributed by atoms with Crippen molar-refractivity contribution in [2.75, 3.05) is 10.5 Å². The molecule has 0 fully saturated rings. The molecule has 0 aliphatic rings. The molecular formula is C18H18FN3O3S. The van der Waals surface area contributed by atoms with Crippen LogP contribution in [0.3, 0.4) is 0 Å². The second kappa shape index (κ2) is 7.25. The van der Waals surface area contributed by atoms with E-state index in [0.717, 1.165) is 12.5 Å². The standard InChI is InChI=1S/C18H18FN3O3S/c1-2-3-9-26(24,25)22-12-6-7-16(19)14(10-12)17(23)15-11-21-18-13(15)5-4-8-20-18/h4-8,10-11,22H,2-3,9H2,1H3,(H,20,21). The SMILES string of the molecule is CCCCS(=O)(=O)Nc1ccc(F)c(C(=O)c2c[nH]c3ncccc23)c1. The molecule has 0 unspecified atom stereocenters. The number of hydrogen-bond acceptors (Lipinski definition) is 4. The van der Waals surface area contributed by atoms with Gasteiger partial charge in [-0.1, -0.05) is 13.3 Å². The number of fused-ring (bicyclic) bond motifs is 1. The summed E-state index contributed by atoms with van der Waals surface area (Å²) in [5.74, 6) is -1.29. The first-order valence-electron chi connectivity index (χ1n) is 8.18. The number of rotatable bonds is 7. The number of pyridine rings is 1. The highest BCUT2D eigenvalue weighted by Crippen LogP contribution is 2.23. The van der Waals surface area contributed by atoms with Gasteiger partial charge >= 0.3 is 0 Å². The van der Waals surface area contributed by atoms with Gasteiger partial charge in [0, 0.05) is 29.0 Å². The predicted octanol–water partition coefficient (Wildman–Crippen LogP) is 3.47. The molecule has 0 saturated heterocycles. The van der Waals surface area contributed by atoms with Gasteiger partial charge in [0.1, 0.15) is 11.5 Å². The summed E-state index contributed by atoms with van der Waals surface area (Å²) in [5.41, 5.74) is 0.750. The van der Waals surface area contributed by atoms with Crippen LogP contribution in [-0.2, 0) is 10.0 Å². The average Bonchev–Trinajstić information content (AvgIpc) is 3.05. The molecule has 26 heavy (non-hydrogen) atoms. The lowest BCUT2D eigenvalue weighted by Crippen LogP contribution is -2.17. The number of ketones is 1. The summed E-state index contributed by atoms with van der Waals surface area (Å²) in [6, 6.07) is 6.99. The molecular weight excluding hydrogens is 357 g/mol. The highest BCUT2D eigenvalue weighted by molar-refractivity contribution is 7.92. The smallest absolute Gasteiger partial charge is 0.232 e. The molecule has 2 heterocycles. The maximum Gasteiger partial charge on any atom is 0.232 e. The van der Waals surface area contributed by atoms with E-state index >= 15 is 0 Å². The molecule has 0 radical (unpaired) electrons. The van der Waals surface area contributed by atoms with E-state index in [-0.39, 0.29) is 22.6 Å². The Morgan fingerprint density at radius 3 is 2.85 bits per heavy atom. The molecule has 0 spiro atoms. The second-order valence-corrected chi connectivity index (χ2v) is 7.74. The van der Waals surface area contributed by atoms with Crippen molar-refractivity contribution in [2.45, 2.75) is 19.8 Å². The number of nitrogens with one attached hydrogen (secondary N) is 2. The number of H-pyrrole nitrogens is 1. The van der Waals surface area contributed by atoms with Gasteiger partial charge in [-0.25, -0.2) is 17.8 Å². The van der Waals surface area contributed by atoms with Crippen LogP contribution < -0.4 is 4.72 Å². The second-order valence-electron chi connectivity index (χ2n) is 5.90. The highest BCUT2D eigenvalue weighted by atomic mass is 32.2. The van der Waals surface area contributed by atoms with Crippen molar-refractivity contribution < 1.29 is 17.6 Å². The summed E-state index contributed by atoms with van der Waals surface area (Å²) in [5, 5.41) is 0.575. The van der Waals surface area contributed by atoms with Crippen molar-refractivity contribution in [2.24, 2.45) is 0 Å².